The van der Waals surface area contributed by atoms with Crippen molar-refractivity contribution in [1.82, 2.24) is 39.5 Å². The summed E-state index contributed by atoms with van der Waals surface area (Å²) < 4.78 is 1.96. The lowest BCUT2D eigenvalue weighted by Crippen LogP contribution is -2.33. The van der Waals surface area contributed by atoms with E-state index in [4.69, 9.17) is 4.98 Å². The number of benzene rings is 1. The molecule has 5 aromatic rings. The van der Waals surface area contributed by atoms with Crippen LogP contribution in [0.1, 0.15) is 24.3 Å². The maximum absolute atomic E-state index is 11.6. The van der Waals surface area contributed by atoms with Crippen LogP contribution in [0.2, 0.25) is 0 Å². The Hall–Kier alpha value is -4.08. The fourth-order valence-electron chi connectivity index (χ4n) is 4.62. The molecule has 6 rings (SSSR count). The van der Waals surface area contributed by atoms with Crippen LogP contribution >= 0.6 is 0 Å². The van der Waals surface area contributed by atoms with Gasteiger partial charge in [-0.05, 0) is 36.5 Å². The molecule has 2 N–H and O–H groups in total. The van der Waals surface area contributed by atoms with Crippen molar-refractivity contribution in [3.63, 3.8) is 0 Å². The first-order valence-corrected chi connectivity index (χ1v) is 10.6. The average molecular weight is 427 g/mol. The van der Waals surface area contributed by atoms with Gasteiger partial charge < -0.3 is 19.4 Å². The van der Waals surface area contributed by atoms with Gasteiger partial charge in [-0.25, -0.2) is 29.7 Å². The number of imidazole rings is 2. The number of hydrogen-bond donors (Lipinski definition) is 2. The minimum absolute atomic E-state index is 0.170. The highest BCUT2D eigenvalue weighted by molar-refractivity contribution is 5.86. The smallest absolute Gasteiger partial charge is 0.323 e. The molecule has 10 nitrogen and oxygen atoms in total. The molecular formula is C22H21N9O. The molecule has 160 valence electrons. The third-order valence-corrected chi connectivity index (χ3v) is 6.26. The summed E-state index contributed by atoms with van der Waals surface area (Å²) in [5.74, 6) is 2.07. The molecule has 1 aliphatic heterocycles. The lowest BCUT2D eigenvalue weighted by molar-refractivity contribution is 0.503. The van der Waals surface area contributed by atoms with Gasteiger partial charge in [0.05, 0.1) is 16.6 Å². The normalized spacial score (nSPS) is 15.1. The van der Waals surface area contributed by atoms with Crippen LogP contribution in [0.3, 0.4) is 0 Å². The van der Waals surface area contributed by atoms with E-state index in [9.17, 15) is 4.79 Å². The molecule has 0 aliphatic carbocycles. The topological polar surface area (TPSA) is 121 Å². The van der Waals surface area contributed by atoms with E-state index < -0.39 is 0 Å². The molecule has 0 atom stereocenters. The van der Waals surface area contributed by atoms with Crippen molar-refractivity contribution in [3.8, 4) is 11.4 Å². The maximum Gasteiger partial charge on any atom is 0.323 e. The molecule has 10 heteroatoms. The molecule has 0 bridgehead atoms. The van der Waals surface area contributed by atoms with E-state index in [1.54, 1.807) is 18.7 Å². The van der Waals surface area contributed by atoms with Crippen molar-refractivity contribution in [1.29, 1.82) is 0 Å². The van der Waals surface area contributed by atoms with Crippen LogP contribution in [0.25, 0.3) is 33.6 Å². The van der Waals surface area contributed by atoms with E-state index in [-0.39, 0.29) is 5.69 Å². The van der Waals surface area contributed by atoms with Gasteiger partial charge in [-0.1, -0.05) is 6.07 Å². The minimum atomic E-state index is -0.170. The molecule has 1 saturated heterocycles. The maximum atomic E-state index is 11.6. The number of H-pyrrole nitrogens is 2. The predicted molar refractivity (Wildman–Crippen MR) is 120 cm³/mol. The van der Waals surface area contributed by atoms with Gasteiger partial charge in [-0.2, -0.15) is 0 Å². The average Bonchev–Trinajstić information content (AvgIpc) is 3.38. The first kappa shape index (κ1) is 18.7. The second-order valence-corrected chi connectivity index (χ2v) is 8.14. The van der Waals surface area contributed by atoms with E-state index in [2.05, 4.69) is 46.9 Å². The largest absolute Gasteiger partial charge is 0.355 e. The molecule has 5 heterocycles. The number of anilines is 1. The Morgan fingerprint density at radius 3 is 2.59 bits per heavy atom. The van der Waals surface area contributed by atoms with Crippen molar-refractivity contribution in [3.05, 3.63) is 59.3 Å². The van der Waals surface area contributed by atoms with Gasteiger partial charge in [-0.15, -0.1) is 0 Å². The lowest BCUT2D eigenvalue weighted by Gasteiger charge is -2.33. The molecular weight excluding hydrogens is 406 g/mol. The van der Waals surface area contributed by atoms with Gasteiger partial charge in [-0.3, -0.25) is 0 Å². The van der Waals surface area contributed by atoms with Gasteiger partial charge in [0.1, 0.15) is 18.5 Å². The van der Waals surface area contributed by atoms with Gasteiger partial charge in [0.15, 0.2) is 17.0 Å². The summed E-state index contributed by atoms with van der Waals surface area (Å²) in [7, 11) is 1.95. The Kier molecular flexibility index (Phi) is 4.23. The molecule has 0 unspecified atom stereocenters. The highest BCUT2D eigenvalue weighted by Crippen LogP contribution is 2.33. The van der Waals surface area contributed by atoms with E-state index in [0.717, 1.165) is 65.3 Å². The summed E-state index contributed by atoms with van der Waals surface area (Å²) >= 11 is 0. The number of nitrogens with one attached hydrogen (secondary N) is 2. The molecule has 0 amide bonds. The van der Waals surface area contributed by atoms with Gasteiger partial charge in [0, 0.05) is 32.5 Å². The summed E-state index contributed by atoms with van der Waals surface area (Å²) in [5, 5.41) is 0. The van der Waals surface area contributed by atoms with Gasteiger partial charge in [0.2, 0.25) is 0 Å². The number of aromatic nitrogens is 8. The quantitative estimate of drug-likeness (QED) is 0.453. The van der Waals surface area contributed by atoms with Crippen molar-refractivity contribution in [2.75, 3.05) is 18.0 Å². The standard InChI is InChI=1S/C22H21N9O/c1-30-19(15-9-23-11-24-10-15)29-18-20(30)25-12-26-21(18)31-6-4-13(5-7-31)14-2-3-16-17(8-14)28-22(32)27-16/h2-3,8-13H,4-7H2,1H3,(H2,27,28,32). The number of hydrogen-bond acceptors (Lipinski definition) is 7. The Balaban J connectivity index is 1.28. The number of rotatable bonds is 3. The second-order valence-electron chi connectivity index (χ2n) is 8.14. The first-order valence-electron chi connectivity index (χ1n) is 10.6. The van der Waals surface area contributed by atoms with E-state index >= 15 is 0 Å². The third-order valence-electron chi connectivity index (χ3n) is 6.26. The highest BCUT2D eigenvalue weighted by Gasteiger charge is 2.25. The zero-order valence-corrected chi connectivity index (χ0v) is 17.5. The fraction of sp³-hybridized carbons (Fsp3) is 0.273. The molecule has 32 heavy (non-hydrogen) atoms. The summed E-state index contributed by atoms with van der Waals surface area (Å²) in [4.78, 5) is 41.6. The Labute approximate surface area is 182 Å². The second kappa shape index (κ2) is 7.26. The fourth-order valence-corrected chi connectivity index (χ4v) is 4.62. The monoisotopic (exact) mass is 427 g/mol. The minimum Gasteiger partial charge on any atom is -0.355 e. The van der Waals surface area contributed by atoms with Crippen molar-refractivity contribution in [2.45, 2.75) is 18.8 Å². The van der Waals surface area contributed by atoms with E-state index in [1.165, 1.54) is 11.9 Å². The number of piperidine rings is 1. The number of nitrogens with zero attached hydrogens (tertiary/aromatic N) is 7. The third kappa shape index (κ3) is 3.03. The molecule has 0 radical (unpaired) electrons. The van der Waals surface area contributed by atoms with Crippen molar-refractivity contribution in [2.24, 2.45) is 7.05 Å². The lowest BCUT2D eigenvalue weighted by atomic mass is 9.89. The Morgan fingerprint density at radius 2 is 1.78 bits per heavy atom. The number of aryl methyl sites for hydroxylation is 1. The van der Waals surface area contributed by atoms with Crippen LogP contribution in [0.4, 0.5) is 5.82 Å². The summed E-state index contributed by atoms with van der Waals surface area (Å²) in [6.45, 7) is 1.75. The van der Waals surface area contributed by atoms with Crippen LogP contribution in [0.15, 0.2) is 48.0 Å². The molecule has 0 spiro atoms. The molecule has 1 aliphatic rings. The number of fused-ring (bicyclic) bond motifs is 2. The van der Waals surface area contributed by atoms with Gasteiger partial charge in [0.25, 0.3) is 0 Å². The predicted octanol–water partition coefficient (Wildman–Crippen LogP) is 2.37. The van der Waals surface area contributed by atoms with Crippen molar-refractivity contribution >= 4 is 28.0 Å². The van der Waals surface area contributed by atoms with Crippen LogP contribution in [0, 0.1) is 0 Å². The van der Waals surface area contributed by atoms with E-state index in [0.29, 0.717) is 5.92 Å². The van der Waals surface area contributed by atoms with E-state index in [1.807, 2.05) is 17.7 Å². The first-order chi connectivity index (χ1) is 15.7. The highest BCUT2D eigenvalue weighted by atomic mass is 16.1. The van der Waals surface area contributed by atoms with Crippen LogP contribution in [-0.2, 0) is 7.05 Å². The molecule has 1 fully saturated rings. The Morgan fingerprint density at radius 1 is 1.00 bits per heavy atom. The van der Waals surface area contributed by atoms with Gasteiger partial charge >= 0.3 is 5.69 Å². The molecule has 1 aromatic carbocycles. The van der Waals surface area contributed by atoms with Crippen LogP contribution in [-0.4, -0.2) is 52.5 Å². The summed E-state index contributed by atoms with van der Waals surface area (Å²) in [6, 6.07) is 6.18. The van der Waals surface area contributed by atoms with Crippen LogP contribution in [0.5, 0.6) is 0 Å². The SMILES string of the molecule is Cn1c(-c2cncnc2)nc2c(N3CCC(c4ccc5[nH]c(=O)[nH]c5c4)CC3)ncnc21. The summed E-state index contributed by atoms with van der Waals surface area (Å²) in [6.07, 6.45) is 8.61. The van der Waals surface area contributed by atoms with Crippen LogP contribution < -0.4 is 10.6 Å². The number of aromatic amines is 2. The van der Waals surface area contributed by atoms with Crippen molar-refractivity contribution < 1.29 is 0 Å². The zero-order valence-electron chi connectivity index (χ0n) is 17.5. The molecule has 4 aromatic heterocycles. The zero-order chi connectivity index (χ0) is 21.7. The summed E-state index contributed by atoms with van der Waals surface area (Å²) in [5.41, 5.74) is 5.21. The Bertz CT molecular complexity index is 1480. The molecule has 0 saturated carbocycles.